The van der Waals surface area contributed by atoms with Gasteiger partial charge in [0.15, 0.2) is 0 Å². The van der Waals surface area contributed by atoms with Crippen LogP contribution in [0.3, 0.4) is 0 Å². The fourth-order valence-corrected chi connectivity index (χ4v) is 3.17. The number of nitrogens with zero attached hydrogens (tertiary/aromatic N) is 2. The molecule has 0 unspecified atom stereocenters. The first kappa shape index (κ1) is 19.6. The van der Waals surface area contributed by atoms with Crippen LogP contribution in [0.15, 0.2) is 54.6 Å². The number of rotatable bonds is 6. The Morgan fingerprint density at radius 3 is 2.39 bits per heavy atom. The number of urea groups is 1. The number of benzene rings is 2. The molecule has 1 saturated heterocycles. The van der Waals surface area contributed by atoms with E-state index < -0.39 is 23.4 Å². The van der Waals surface area contributed by atoms with Gasteiger partial charge in [0.1, 0.15) is 5.54 Å². The fraction of sp³-hybridized carbons (Fsp3) is 0.286. The van der Waals surface area contributed by atoms with Crippen molar-refractivity contribution in [3.05, 3.63) is 71.3 Å². The Morgan fingerprint density at radius 2 is 1.75 bits per heavy atom. The van der Waals surface area contributed by atoms with Crippen LogP contribution < -0.4 is 10.7 Å². The summed E-state index contributed by atoms with van der Waals surface area (Å²) >= 11 is 0. The van der Waals surface area contributed by atoms with Gasteiger partial charge in [0.25, 0.3) is 11.8 Å². The van der Waals surface area contributed by atoms with Crippen molar-refractivity contribution in [3.63, 3.8) is 0 Å². The number of imide groups is 1. The van der Waals surface area contributed by atoms with Crippen molar-refractivity contribution in [2.45, 2.75) is 25.9 Å². The molecule has 1 aliphatic rings. The molecular formula is C21H24N4O3. The van der Waals surface area contributed by atoms with E-state index in [-0.39, 0.29) is 6.54 Å². The standard InChI is InChI=1S/C21H24N4O3/c1-15-9-11-16(12-10-15)13-24(3)14-18(26)23-25-19(27)21(2,22-20(25)28)17-7-5-4-6-8-17/h4-12H,13-14H2,1-3H3,(H,22,28)(H,23,26)/t21-/m0/s1. The van der Waals surface area contributed by atoms with Crippen LogP contribution in [0.4, 0.5) is 4.79 Å². The Morgan fingerprint density at radius 1 is 1.11 bits per heavy atom. The molecule has 0 spiro atoms. The van der Waals surface area contributed by atoms with Crippen LogP contribution in [-0.4, -0.2) is 41.3 Å². The average Bonchev–Trinajstić information content (AvgIpc) is 2.88. The quantitative estimate of drug-likeness (QED) is 0.751. The van der Waals surface area contributed by atoms with Gasteiger partial charge >= 0.3 is 6.03 Å². The van der Waals surface area contributed by atoms with E-state index in [2.05, 4.69) is 10.7 Å². The number of hydrazine groups is 1. The zero-order chi connectivity index (χ0) is 20.3. The van der Waals surface area contributed by atoms with Crippen LogP contribution in [0.5, 0.6) is 0 Å². The molecule has 146 valence electrons. The second kappa shape index (κ2) is 7.82. The maximum absolute atomic E-state index is 12.8. The Bertz CT molecular complexity index is 882. The first-order valence-electron chi connectivity index (χ1n) is 9.05. The van der Waals surface area contributed by atoms with Crippen molar-refractivity contribution in [2.24, 2.45) is 0 Å². The second-order valence-corrected chi connectivity index (χ2v) is 7.25. The summed E-state index contributed by atoms with van der Waals surface area (Å²) in [7, 11) is 1.80. The summed E-state index contributed by atoms with van der Waals surface area (Å²) in [6.45, 7) is 4.27. The molecule has 28 heavy (non-hydrogen) atoms. The smallest absolute Gasteiger partial charge is 0.318 e. The molecule has 7 heteroatoms. The lowest BCUT2D eigenvalue weighted by atomic mass is 9.92. The van der Waals surface area contributed by atoms with Gasteiger partial charge in [-0.05, 0) is 32.0 Å². The molecular weight excluding hydrogens is 356 g/mol. The Labute approximate surface area is 164 Å². The summed E-state index contributed by atoms with van der Waals surface area (Å²) in [6, 6.07) is 16.3. The number of carbonyl (C=O) groups is 3. The molecule has 1 heterocycles. The zero-order valence-electron chi connectivity index (χ0n) is 16.2. The predicted octanol–water partition coefficient (Wildman–Crippen LogP) is 1.93. The molecule has 0 saturated carbocycles. The third kappa shape index (κ3) is 4.04. The number of aryl methyl sites for hydroxylation is 1. The molecule has 3 rings (SSSR count). The molecule has 0 aromatic heterocycles. The van der Waals surface area contributed by atoms with E-state index in [4.69, 9.17) is 0 Å². The second-order valence-electron chi connectivity index (χ2n) is 7.25. The maximum atomic E-state index is 12.8. The molecule has 1 aliphatic heterocycles. The van der Waals surface area contributed by atoms with Crippen LogP contribution in [0, 0.1) is 6.92 Å². The van der Waals surface area contributed by atoms with E-state index in [1.54, 1.807) is 38.2 Å². The van der Waals surface area contributed by atoms with Crippen molar-refractivity contribution in [3.8, 4) is 0 Å². The third-order valence-electron chi connectivity index (χ3n) is 4.77. The monoisotopic (exact) mass is 380 g/mol. The van der Waals surface area contributed by atoms with E-state index in [1.807, 2.05) is 42.2 Å². The van der Waals surface area contributed by atoms with Crippen molar-refractivity contribution < 1.29 is 14.4 Å². The molecule has 0 aliphatic carbocycles. The third-order valence-corrected chi connectivity index (χ3v) is 4.77. The average molecular weight is 380 g/mol. The normalized spacial score (nSPS) is 19.1. The SMILES string of the molecule is Cc1ccc(CN(C)CC(=O)NN2C(=O)N[C@@](C)(c3ccccc3)C2=O)cc1. The largest absolute Gasteiger partial charge is 0.344 e. The van der Waals surface area contributed by atoms with E-state index in [0.717, 1.165) is 10.6 Å². The highest BCUT2D eigenvalue weighted by molar-refractivity contribution is 6.08. The summed E-state index contributed by atoms with van der Waals surface area (Å²) in [5.74, 6) is -0.950. The number of amides is 4. The number of hydrogen-bond acceptors (Lipinski definition) is 4. The minimum absolute atomic E-state index is 0.0486. The van der Waals surface area contributed by atoms with E-state index in [1.165, 1.54) is 5.56 Å². The Hall–Kier alpha value is -3.19. The van der Waals surface area contributed by atoms with Crippen molar-refractivity contribution in [1.29, 1.82) is 0 Å². The lowest BCUT2D eigenvalue weighted by molar-refractivity contribution is -0.139. The fourth-order valence-electron chi connectivity index (χ4n) is 3.17. The van der Waals surface area contributed by atoms with Crippen molar-refractivity contribution in [2.75, 3.05) is 13.6 Å². The maximum Gasteiger partial charge on any atom is 0.344 e. The van der Waals surface area contributed by atoms with Gasteiger partial charge < -0.3 is 5.32 Å². The van der Waals surface area contributed by atoms with Gasteiger partial charge in [-0.2, -0.15) is 5.01 Å². The van der Waals surface area contributed by atoms with Crippen LogP contribution in [0.2, 0.25) is 0 Å². The zero-order valence-corrected chi connectivity index (χ0v) is 16.2. The first-order valence-corrected chi connectivity index (χ1v) is 9.05. The highest BCUT2D eigenvalue weighted by Gasteiger charge is 2.49. The van der Waals surface area contributed by atoms with Gasteiger partial charge in [0.05, 0.1) is 6.54 Å². The number of hydrogen-bond donors (Lipinski definition) is 2. The molecule has 1 fully saturated rings. The van der Waals surface area contributed by atoms with Gasteiger partial charge in [0.2, 0.25) is 0 Å². The van der Waals surface area contributed by atoms with Gasteiger partial charge in [0, 0.05) is 6.54 Å². The van der Waals surface area contributed by atoms with Gasteiger partial charge in [-0.25, -0.2) is 4.79 Å². The molecule has 2 N–H and O–H groups in total. The van der Waals surface area contributed by atoms with Crippen LogP contribution >= 0.6 is 0 Å². The molecule has 1 atom stereocenters. The van der Waals surface area contributed by atoms with E-state index in [9.17, 15) is 14.4 Å². The molecule has 2 aromatic rings. The molecule has 7 nitrogen and oxygen atoms in total. The van der Waals surface area contributed by atoms with Gasteiger partial charge in [-0.1, -0.05) is 60.2 Å². The van der Waals surface area contributed by atoms with E-state index in [0.29, 0.717) is 12.1 Å². The highest BCUT2D eigenvalue weighted by atomic mass is 16.2. The Kier molecular flexibility index (Phi) is 5.46. The minimum Gasteiger partial charge on any atom is -0.318 e. The van der Waals surface area contributed by atoms with Crippen LogP contribution in [-0.2, 0) is 21.7 Å². The highest BCUT2D eigenvalue weighted by Crippen LogP contribution is 2.27. The minimum atomic E-state index is -1.21. The summed E-state index contributed by atoms with van der Waals surface area (Å²) in [4.78, 5) is 39.3. The van der Waals surface area contributed by atoms with E-state index >= 15 is 0 Å². The lowest BCUT2D eigenvalue weighted by Crippen LogP contribution is -2.50. The predicted molar refractivity (Wildman–Crippen MR) is 105 cm³/mol. The summed E-state index contributed by atoms with van der Waals surface area (Å²) in [5, 5.41) is 3.42. The van der Waals surface area contributed by atoms with Crippen LogP contribution in [0.1, 0.15) is 23.6 Å². The van der Waals surface area contributed by atoms with Crippen molar-refractivity contribution in [1.82, 2.24) is 20.7 Å². The summed E-state index contributed by atoms with van der Waals surface area (Å²) < 4.78 is 0. The van der Waals surface area contributed by atoms with Gasteiger partial charge in [-0.15, -0.1) is 0 Å². The topological polar surface area (TPSA) is 81.8 Å². The van der Waals surface area contributed by atoms with Gasteiger partial charge in [-0.3, -0.25) is 19.9 Å². The van der Waals surface area contributed by atoms with Crippen LogP contribution in [0.25, 0.3) is 0 Å². The number of likely N-dealkylation sites (N-methyl/N-ethyl adjacent to an activating group) is 1. The number of carbonyl (C=O) groups excluding carboxylic acids is 3. The molecule has 0 radical (unpaired) electrons. The number of nitrogens with one attached hydrogen (secondary N) is 2. The lowest BCUT2D eigenvalue weighted by Gasteiger charge is -2.22. The first-order chi connectivity index (χ1) is 13.3. The van der Waals surface area contributed by atoms with Crippen molar-refractivity contribution >= 4 is 17.8 Å². The molecule has 2 aromatic carbocycles. The summed E-state index contributed by atoms with van der Waals surface area (Å²) in [5.41, 5.74) is 4.11. The molecule has 0 bridgehead atoms. The summed E-state index contributed by atoms with van der Waals surface area (Å²) in [6.07, 6.45) is 0. The Balaban J connectivity index is 1.61. The molecule has 4 amide bonds.